The van der Waals surface area contributed by atoms with Gasteiger partial charge in [0.1, 0.15) is 5.82 Å². The number of hydrogen-bond donors (Lipinski definition) is 1. The maximum absolute atomic E-state index is 11.7. The third kappa shape index (κ3) is 2.16. The monoisotopic (exact) mass is 223 g/mol. The summed E-state index contributed by atoms with van der Waals surface area (Å²) in [4.78, 5) is 17.7. The molecule has 2 rings (SSSR count). The SMILES string of the molecule is Cn1ccnc1CCN1CCCN(N)C1=O. The van der Waals surface area contributed by atoms with Crippen LogP contribution in [-0.4, -0.2) is 45.1 Å². The Morgan fingerprint density at radius 1 is 1.50 bits per heavy atom. The van der Waals surface area contributed by atoms with Crippen LogP contribution in [-0.2, 0) is 13.5 Å². The highest BCUT2D eigenvalue weighted by Gasteiger charge is 2.22. The first-order valence-corrected chi connectivity index (χ1v) is 5.46. The fourth-order valence-electron chi connectivity index (χ4n) is 1.88. The smallest absolute Gasteiger partial charge is 0.334 e. The van der Waals surface area contributed by atoms with Gasteiger partial charge < -0.3 is 9.47 Å². The largest absolute Gasteiger partial charge is 0.338 e. The van der Waals surface area contributed by atoms with E-state index in [-0.39, 0.29) is 6.03 Å². The minimum atomic E-state index is -0.0829. The van der Waals surface area contributed by atoms with Gasteiger partial charge in [0.2, 0.25) is 0 Å². The Balaban J connectivity index is 1.90. The number of hydrogen-bond acceptors (Lipinski definition) is 3. The number of urea groups is 1. The maximum atomic E-state index is 11.7. The molecule has 0 aromatic carbocycles. The first-order chi connectivity index (χ1) is 7.68. The molecule has 0 spiro atoms. The molecule has 0 radical (unpaired) electrons. The maximum Gasteiger partial charge on any atom is 0.334 e. The van der Waals surface area contributed by atoms with Crippen molar-refractivity contribution in [3.63, 3.8) is 0 Å². The van der Waals surface area contributed by atoms with Crippen LogP contribution in [0.15, 0.2) is 12.4 Å². The van der Waals surface area contributed by atoms with E-state index in [9.17, 15) is 4.79 Å². The molecule has 0 bridgehead atoms. The van der Waals surface area contributed by atoms with E-state index >= 15 is 0 Å². The van der Waals surface area contributed by atoms with E-state index in [1.807, 2.05) is 17.8 Å². The molecular formula is C10H17N5O. The third-order valence-corrected chi connectivity index (χ3v) is 2.87. The van der Waals surface area contributed by atoms with E-state index < -0.39 is 0 Å². The van der Waals surface area contributed by atoms with Gasteiger partial charge in [-0.1, -0.05) is 0 Å². The summed E-state index contributed by atoms with van der Waals surface area (Å²) in [7, 11) is 1.95. The molecule has 1 aliphatic heterocycles. The van der Waals surface area contributed by atoms with Gasteiger partial charge in [0.05, 0.1) is 0 Å². The van der Waals surface area contributed by atoms with Gasteiger partial charge >= 0.3 is 6.03 Å². The fourth-order valence-corrected chi connectivity index (χ4v) is 1.88. The van der Waals surface area contributed by atoms with Crippen molar-refractivity contribution in [2.75, 3.05) is 19.6 Å². The van der Waals surface area contributed by atoms with Gasteiger partial charge in [-0.15, -0.1) is 0 Å². The molecule has 88 valence electrons. The predicted molar refractivity (Wildman–Crippen MR) is 59.4 cm³/mol. The fraction of sp³-hybridized carbons (Fsp3) is 0.600. The Labute approximate surface area is 94.6 Å². The Hall–Kier alpha value is -1.56. The highest BCUT2D eigenvalue weighted by atomic mass is 16.2. The topological polar surface area (TPSA) is 67.4 Å². The van der Waals surface area contributed by atoms with E-state index in [0.29, 0.717) is 13.1 Å². The van der Waals surface area contributed by atoms with Crippen molar-refractivity contribution in [2.45, 2.75) is 12.8 Å². The molecular weight excluding hydrogens is 206 g/mol. The van der Waals surface area contributed by atoms with Gasteiger partial charge in [-0.25, -0.2) is 15.6 Å². The van der Waals surface area contributed by atoms with Crippen LogP contribution >= 0.6 is 0 Å². The number of aromatic nitrogens is 2. The number of amides is 2. The van der Waals surface area contributed by atoms with Gasteiger partial charge in [-0.3, -0.25) is 5.01 Å². The second-order valence-electron chi connectivity index (χ2n) is 4.02. The minimum Gasteiger partial charge on any atom is -0.338 e. The summed E-state index contributed by atoms with van der Waals surface area (Å²) in [6.45, 7) is 2.12. The lowest BCUT2D eigenvalue weighted by molar-refractivity contribution is 0.130. The summed E-state index contributed by atoms with van der Waals surface area (Å²) in [6, 6.07) is -0.0829. The van der Waals surface area contributed by atoms with Crippen LogP contribution in [0.2, 0.25) is 0 Å². The molecule has 1 aliphatic rings. The number of carbonyl (C=O) groups excluding carboxylic acids is 1. The van der Waals surface area contributed by atoms with Crippen molar-refractivity contribution in [1.82, 2.24) is 19.5 Å². The standard InChI is InChI=1S/C10H17N5O/c1-13-8-4-12-9(13)3-7-14-5-2-6-15(11)10(14)16/h4,8H,2-3,5-7,11H2,1H3. The van der Waals surface area contributed by atoms with Crippen molar-refractivity contribution in [1.29, 1.82) is 0 Å². The van der Waals surface area contributed by atoms with E-state index in [1.54, 1.807) is 11.1 Å². The van der Waals surface area contributed by atoms with Gasteiger partial charge in [-0.05, 0) is 6.42 Å². The van der Waals surface area contributed by atoms with Gasteiger partial charge in [-0.2, -0.15) is 0 Å². The molecule has 2 amide bonds. The zero-order chi connectivity index (χ0) is 11.5. The quantitative estimate of drug-likeness (QED) is 0.577. The molecule has 0 atom stereocenters. The van der Waals surface area contributed by atoms with E-state index in [2.05, 4.69) is 4.98 Å². The molecule has 2 heterocycles. The van der Waals surface area contributed by atoms with Crippen molar-refractivity contribution in [3.8, 4) is 0 Å². The molecule has 16 heavy (non-hydrogen) atoms. The number of imidazole rings is 1. The van der Waals surface area contributed by atoms with Crippen molar-refractivity contribution >= 4 is 6.03 Å². The Kier molecular flexibility index (Phi) is 3.09. The molecule has 1 aromatic rings. The summed E-state index contributed by atoms with van der Waals surface area (Å²) in [5.41, 5.74) is 0. The number of nitrogens with zero attached hydrogens (tertiary/aromatic N) is 4. The molecule has 0 aliphatic carbocycles. The average Bonchev–Trinajstić information content (AvgIpc) is 2.67. The predicted octanol–water partition coefficient (Wildman–Crippen LogP) is -0.0360. The number of nitrogens with two attached hydrogens (primary N) is 1. The second-order valence-corrected chi connectivity index (χ2v) is 4.02. The molecule has 6 heteroatoms. The van der Waals surface area contributed by atoms with E-state index in [1.165, 1.54) is 5.01 Å². The highest BCUT2D eigenvalue weighted by Crippen LogP contribution is 2.06. The Bertz CT molecular complexity index is 375. The Morgan fingerprint density at radius 3 is 3.00 bits per heavy atom. The molecule has 0 unspecified atom stereocenters. The molecule has 1 aromatic heterocycles. The van der Waals surface area contributed by atoms with E-state index in [0.717, 1.165) is 25.2 Å². The second kappa shape index (κ2) is 4.52. The first kappa shape index (κ1) is 10.9. The van der Waals surface area contributed by atoms with Crippen LogP contribution < -0.4 is 5.84 Å². The normalized spacial score (nSPS) is 17.0. The lowest BCUT2D eigenvalue weighted by atomic mass is 10.3. The lowest BCUT2D eigenvalue weighted by Crippen LogP contribution is -2.52. The summed E-state index contributed by atoms with van der Waals surface area (Å²) < 4.78 is 1.97. The van der Waals surface area contributed by atoms with Crippen LogP contribution in [0.1, 0.15) is 12.2 Å². The molecule has 6 nitrogen and oxygen atoms in total. The molecule has 1 saturated heterocycles. The summed E-state index contributed by atoms with van der Waals surface area (Å²) in [6.07, 6.45) is 5.37. The average molecular weight is 223 g/mol. The minimum absolute atomic E-state index is 0.0829. The third-order valence-electron chi connectivity index (χ3n) is 2.87. The van der Waals surface area contributed by atoms with Crippen LogP contribution in [0.5, 0.6) is 0 Å². The van der Waals surface area contributed by atoms with Crippen LogP contribution in [0, 0.1) is 0 Å². The van der Waals surface area contributed by atoms with Crippen molar-refractivity contribution in [2.24, 2.45) is 12.9 Å². The van der Waals surface area contributed by atoms with Crippen LogP contribution in [0.3, 0.4) is 0 Å². The van der Waals surface area contributed by atoms with E-state index in [4.69, 9.17) is 5.84 Å². The molecule has 1 fully saturated rings. The van der Waals surface area contributed by atoms with Crippen molar-refractivity contribution < 1.29 is 4.79 Å². The van der Waals surface area contributed by atoms with Crippen LogP contribution in [0.4, 0.5) is 4.79 Å². The van der Waals surface area contributed by atoms with Crippen molar-refractivity contribution in [3.05, 3.63) is 18.2 Å². The highest BCUT2D eigenvalue weighted by molar-refractivity contribution is 5.74. The van der Waals surface area contributed by atoms with Gasteiger partial charge in [0, 0.05) is 45.5 Å². The van der Waals surface area contributed by atoms with Crippen LogP contribution in [0.25, 0.3) is 0 Å². The zero-order valence-electron chi connectivity index (χ0n) is 9.46. The zero-order valence-corrected chi connectivity index (χ0v) is 9.46. The summed E-state index contributed by atoms with van der Waals surface area (Å²) in [5, 5.41) is 1.28. The molecule has 2 N–H and O–H groups in total. The molecule has 0 saturated carbocycles. The Morgan fingerprint density at radius 2 is 2.31 bits per heavy atom. The first-order valence-electron chi connectivity index (χ1n) is 5.46. The summed E-state index contributed by atoms with van der Waals surface area (Å²) in [5.74, 6) is 6.56. The lowest BCUT2D eigenvalue weighted by Gasteiger charge is -2.32. The number of rotatable bonds is 3. The van der Waals surface area contributed by atoms with Gasteiger partial charge in [0.15, 0.2) is 0 Å². The number of carbonyl (C=O) groups is 1. The number of aryl methyl sites for hydroxylation is 1. The number of hydrazine groups is 1. The summed E-state index contributed by atoms with van der Waals surface area (Å²) >= 11 is 0. The van der Waals surface area contributed by atoms with Gasteiger partial charge in [0.25, 0.3) is 0 Å².